The number of aliphatic carboxylic acids is 1. The molecule has 1 heterocycles. The molecule has 2 rings (SSSR count). The van der Waals surface area contributed by atoms with Gasteiger partial charge in [0, 0.05) is 6.42 Å². The summed E-state index contributed by atoms with van der Waals surface area (Å²) in [7, 11) is 0. The van der Waals surface area contributed by atoms with E-state index in [4.69, 9.17) is 0 Å². The number of carboxylic acids is 1. The number of nitrogens with zero attached hydrogens (tertiary/aromatic N) is 4. The fourth-order valence-corrected chi connectivity index (χ4v) is 2.80. The number of carboxylic acid groups (broad SMARTS) is 1. The minimum atomic E-state index is -0.735. The summed E-state index contributed by atoms with van der Waals surface area (Å²) in [5, 5.41) is 21.0. The van der Waals surface area contributed by atoms with E-state index < -0.39 is 11.4 Å². The summed E-state index contributed by atoms with van der Waals surface area (Å²) in [4.78, 5) is 11.2. The predicted octanol–water partition coefficient (Wildman–Crippen LogP) is 2.15. The first-order valence-electron chi connectivity index (χ1n) is 7.20. The first kappa shape index (κ1) is 14.9. The third-order valence-corrected chi connectivity index (χ3v) is 3.86. The molecule has 1 aliphatic rings. The van der Waals surface area contributed by atoms with Gasteiger partial charge in [0.2, 0.25) is 0 Å². The fraction of sp³-hybridized carbons (Fsp3) is 0.857. The van der Waals surface area contributed by atoms with Crippen LogP contribution >= 0.6 is 0 Å². The number of carbonyl (C=O) groups is 1. The van der Waals surface area contributed by atoms with Crippen molar-refractivity contribution in [2.45, 2.75) is 59.9 Å². The zero-order valence-corrected chi connectivity index (χ0v) is 12.8. The average molecular weight is 280 g/mol. The van der Waals surface area contributed by atoms with Crippen molar-refractivity contribution in [1.29, 1.82) is 0 Å². The quantitative estimate of drug-likeness (QED) is 0.863. The average Bonchev–Trinajstić information content (AvgIpc) is 2.94. The molecular formula is C14H24N4O2. The van der Waals surface area contributed by atoms with Gasteiger partial charge in [0.25, 0.3) is 0 Å². The van der Waals surface area contributed by atoms with Crippen molar-refractivity contribution in [3.8, 4) is 0 Å². The van der Waals surface area contributed by atoms with E-state index in [9.17, 15) is 9.90 Å². The first-order valence-corrected chi connectivity index (χ1v) is 7.20. The molecule has 1 aromatic rings. The largest absolute Gasteiger partial charge is 0.481 e. The molecule has 0 aliphatic heterocycles. The van der Waals surface area contributed by atoms with Crippen molar-refractivity contribution in [2.75, 3.05) is 0 Å². The van der Waals surface area contributed by atoms with Gasteiger partial charge in [0.15, 0.2) is 5.82 Å². The SMILES string of the molecule is CC(Cc1nnnn1CC1(C(=O)O)CC1)CC(C)(C)C. The zero-order chi connectivity index (χ0) is 15.0. The summed E-state index contributed by atoms with van der Waals surface area (Å²) in [5.74, 6) is 0.538. The lowest BCUT2D eigenvalue weighted by molar-refractivity contribution is -0.144. The molecular weight excluding hydrogens is 256 g/mol. The van der Waals surface area contributed by atoms with E-state index in [1.807, 2.05) is 0 Å². The van der Waals surface area contributed by atoms with Crippen LogP contribution in [-0.2, 0) is 17.8 Å². The maximum atomic E-state index is 11.2. The van der Waals surface area contributed by atoms with Crippen molar-refractivity contribution in [1.82, 2.24) is 20.2 Å². The second-order valence-electron chi connectivity index (χ2n) is 7.41. The van der Waals surface area contributed by atoms with E-state index in [1.165, 1.54) is 0 Å². The van der Waals surface area contributed by atoms with E-state index >= 15 is 0 Å². The minimum Gasteiger partial charge on any atom is -0.481 e. The zero-order valence-electron chi connectivity index (χ0n) is 12.8. The molecule has 6 nitrogen and oxygen atoms in total. The molecule has 0 radical (unpaired) electrons. The van der Waals surface area contributed by atoms with Crippen LogP contribution in [0.3, 0.4) is 0 Å². The molecule has 1 aliphatic carbocycles. The van der Waals surface area contributed by atoms with Crippen molar-refractivity contribution in [3.63, 3.8) is 0 Å². The second kappa shape index (κ2) is 5.14. The maximum absolute atomic E-state index is 11.2. The first-order chi connectivity index (χ1) is 9.22. The van der Waals surface area contributed by atoms with Crippen LogP contribution in [0.2, 0.25) is 0 Å². The van der Waals surface area contributed by atoms with Gasteiger partial charge >= 0.3 is 5.97 Å². The second-order valence-corrected chi connectivity index (χ2v) is 7.41. The van der Waals surface area contributed by atoms with E-state index in [2.05, 4.69) is 43.2 Å². The molecule has 1 N–H and O–H groups in total. The highest BCUT2D eigenvalue weighted by Crippen LogP contribution is 2.47. The summed E-state index contributed by atoms with van der Waals surface area (Å²) in [6, 6.07) is 0. The van der Waals surface area contributed by atoms with E-state index in [1.54, 1.807) is 4.68 Å². The summed E-state index contributed by atoms with van der Waals surface area (Å²) in [5.41, 5.74) is -0.353. The van der Waals surface area contributed by atoms with Gasteiger partial charge in [-0.3, -0.25) is 4.79 Å². The number of hydrogen-bond donors (Lipinski definition) is 1. The maximum Gasteiger partial charge on any atom is 0.311 e. The number of tetrazole rings is 1. The molecule has 0 aromatic carbocycles. The summed E-state index contributed by atoms with van der Waals surface area (Å²) < 4.78 is 1.68. The van der Waals surface area contributed by atoms with Gasteiger partial charge < -0.3 is 5.11 Å². The number of aromatic nitrogens is 4. The van der Waals surface area contributed by atoms with Crippen LogP contribution in [0.15, 0.2) is 0 Å². The van der Waals surface area contributed by atoms with Crippen LogP contribution in [0.5, 0.6) is 0 Å². The topological polar surface area (TPSA) is 80.9 Å². The smallest absolute Gasteiger partial charge is 0.311 e. The molecule has 1 atom stereocenters. The fourth-order valence-electron chi connectivity index (χ4n) is 2.80. The van der Waals surface area contributed by atoms with Crippen LogP contribution < -0.4 is 0 Å². The highest BCUT2D eigenvalue weighted by Gasteiger charge is 2.51. The summed E-state index contributed by atoms with van der Waals surface area (Å²) in [6.45, 7) is 9.24. The predicted molar refractivity (Wildman–Crippen MR) is 74.1 cm³/mol. The van der Waals surface area contributed by atoms with Gasteiger partial charge in [-0.05, 0) is 41.0 Å². The lowest BCUT2D eigenvalue weighted by atomic mass is 9.84. The lowest BCUT2D eigenvalue weighted by Crippen LogP contribution is -2.24. The Bertz CT molecular complexity index is 486. The monoisotopic (exact) mass is 280 g/mol. The van der Waals surface area contributed by atoms with Crippen LogP contribution in [0.1, 0.15) is 52.8 Å². The van der Waals surface area contributed by atoms with E-state index in [0.29, 0.717) is 12.5 Å². The van der Waals surface area contributed by atoms with Crippen molar-refractivity contribution >= 4 is 5.97 Å². The Morgan fingerprint density at radius 1 is 1.45 bits per heavy atom. The Hall–Kier alpha value is -1.46. The Morgan fingerprint density at radius 3 is 2.60 bits per heavy atom. The van der Waals surface area contributed by atoms with Crippen LogP contribution in [0, 0.1) is 16.7 Å². The highest BCUT2D eigenvalue weighted by atomic mass is 16.4. The van der Waals surface area contributed by atoms with Gasteiger partial charge in [-0.25, -0.2) is 4.68 Å². The van der Waals surface area contributed by atoms with Crippen LogP contribution in [0.25, 0.3) is 0 Å². The summed E-state index contributed by atoms with van der Waals surface area (Å²) >= 11 is 0. The summed E-state index contributed by atoms with van der Waals surface area (Å²) in [6.07, 6.45) is 3.32. The molecule has 1 fully saturated rings. The normalized spacial score (nSPS) is 18.8. The molecule has 1 saturated carbocycles. The minimum absolute atomic E-state index is 0.274. The van der Waals surface area contributed by atoms with Gasteiger partial charge in [-0.1, -0.05) is 27.7 Å². The van der Waals surface area contributed by atoms with Crippen LogP contribution in [-0.4, -0.2) is 31.3 Å². The number of hydrogen-bond acceptors (Lipinski definition) is 4. The molecule has 0 bridgehead atoms. The highest BCUT2D eigenvalue weighted by molar-refractivity contribution is 5.77. The third kappa shape index (κ3) is 3.55. The number of rotatable bonds is 6. The molecule has 6 heteroatoms. The van der Waals surface area contributed by atoms with Crippen LogP contribution in [0.4, 0.5) is 0 Å². The third-order valence-electron chi connectivity index (χ3n) is 3.86. The van der Waals surface area contributed by atoms with E-state index in [-0.39, 0.29) is 5.41 Å². The Balaban J connectivity index is 2.00. The molecule has 0 saturated heterocycles. The van der Waals surface area contributed by atoms with E-state index in [0.717, 1.165) is 31.5 Å². The van der Waals surface area contributed by atoms with Crippen molar-refractivity contribution in [2.24, 2.45) is 16.7 Å². The molecule has 0 spiro atoms. The molecule has 0 amide bonds. The lowest BCUT2D eigenvalue weighted by Gasteiger charge is -2.23. The molecule has 20 heavy (non-hydrogen) atoms. The molecule has 1 unspecified atom stereocenters. The Morgan fingerprint density at radius 2 is 2.10 bits per heavy atom. The van der Waals surface area contributed by atoms with Crippen molar-refractivity contribution < 1.29 is 9.90 Å². The standard InChI is InChI=1S/C14H24N4O2/c1-10(8-13(2,3)4)7-11-15-16-17-18(11)9-14(5-6-14)12(19)20/h10H,5-9H2,1-4H3,(H,19,20). The van der Waals surface area contributed by atoms with Crippen molar-refractivity contribution in [3.05, 3.63) is 5.82 Å². The van der Waals surface area contributed by atoms with Gasteiger partial charge in [-0.2, -0.15) is 0 Å². The van der Waals surface area contributed by atoms with Gasteiger partial charge in [-0.15, -0.1) is 5.10 Å². The molecule has 1 aromatic heterocycles. The Kier molecular flexibility index (Phi) is 3.84. The molecule has 112 valence electrons. The van der Waals surface area contributed by atoms with Gasteiger partial charge in [0.1, 0.15) is 0 Å². The Labute approximate surface area is 119 Å². The van der Waals surface area contributed by atoms with Gasteiger partial charge in [0.05, 0.1) is 12.0 Å².